The number of oxazole rings is 1. The van der Waals surface area contributed by atoms with Crippen LogP contribution in [-0.4, -0.2) is 125 Å². The van der Waals surface area contributed by atoms with Gasteiger partial charge in [0.15, 0.2) is 5.89 Å². The fourth-order valence-electron chi connectivity index (χ4n) is 7.06. The van der Waals surface area contributed by atoms with E-state index in [1.807, 2.05) is 162 Å². The number of hydrogen-bond acceptors (Lipinski definition) is 21. The number of nitriles is 1. The van der Waals surface area contributed by atoms with Gasteiger partial charge in [-0.3, -0.25) is 45.0 Å². The quantitative estimate of drug-likeness (QED) is 0.127. The number of thiazole rings is 1. The molecule has 1 aromatic carbocycles. The monoisotopic (exact) mass is 2700 g/mol. The zero-order valence-corrected chi connectivity index (χ0v) is 85.5. The van der Waals surface area contributed by atoms with Crippen molar-refractivity contribution in [3.05, 3.63) is 278 Å². The van der Waals surface area contributed by atoms with Crippen molar-refractivity contribution < 1.29 is 169 Å². The van der Waals surface area contributed by atoms with E-state index in [0.717, 1.165) is 93.2 Å². The van der Waals surface area contributed by atoms with Gasteiger partial charge in [0.1, 0.15) is 33.6 Å². The van der Waals surface area contributed by atoms with Crippen LogP contribution < -0.4 is 0 Å². The van der Waals surface area contributed by atoms with E-state index < -0.39 is 15.8 Å². The second-order valence-electron chi connectivity index (χ2n) is 21.4. The number of sulfone groups is 1. The van der Waals surface area contributed by atoms with Gasteiger partial charge in [-0.05, 0) is 122 Å². The summed E-state index contributed by atoms with van der Waals surface area (Å²) in [6.45, 7) is 20.2. The molecule has 0 unspecified atom stereocenters. The third kappa shape index (κ3) is 57.8. The van der Waals surface area contributed by atoms with Gasteiger partial charge < -0.3 is 57.6 Å². The normalized spacial score (nSPS) is 9.02. The first kappa shape index (κ1) is 113. The van der Waals surface area contributed by atoms with Crippen molar-refractivity contribution in [3.63, 3.8) is 0 Å². The fourth-order valence-corrected chi connectivity index (χ4v) is 7.50. The molecule has 0 N–H and O–H groups in total. The molecule has 0 aliphatic carbocycles. The molecule has 14 heterocycles. The Morgan fingerprint density at radius 3 is 1.50 bits per heavy atom. The number of nitrogens with zero attached hydrogens (tertiary/aromatic N) is 21. The number of aromatic nitrogens is 20. The molecule has 0 amide bonds. The molecule has 0 spiro atoms. The molecule has 0 bridgehead atoms. The molecular formula is C74H84F2N21O3S2W7-7. The average molecular weight is 2700 g/mol. The average Bonchev–Trinajstić information content (AvgIpc) is 1.74. The first-order chi connectivity index (χ1) is 48.5. The number of para-hydroxylation sites is 1. The number of hydrogen-bond donors (Lipinski definition) is 0. The summed E-state index contributed by atoms with van der Waals surface area (Å²) in [5.41, 5.74) is 8.01. The van der Waals surface area contributed by atoms with Crippen molar-refractivity contribution >= 4 is 64.8 Å². The van der Waals surface area contributed by atoms with Crippen molar-refractivity contribution in [1.82, 2.24) is 98.2 Å². The Balaban J connectivity index is -0.000000263. The summed E-state index contributed by atoms with van der Waals surface area (Å²) >= 11 is 1.67. The summed E-state index contributed by atoms with van der Waals surface area (Å²) in [6.07, 6.45) is 45.5. The van der Waals surface area contributed by atoms with Crippen molar-refractivity contribution in [2.45, 2.75) is 89.0 Å². The maximum absolute atomic E-state index is 11.0. The molecule has 0 fully saturated rings. The van der Waals surface area contributed by atoms with Crippen molar-refractivity contribution in [2.24, 2.45) is 28.2 Å². The number of alkyl halides is 2. The number of benzene rings is 1. The summed E-state index contributed by atoms with van der Waals surface area (Å²) in [6, 6.07) is 31.9. The topological polar surface area (TPSA) is 297 Å². The molecule has 35 heteroatoms. The molecule has 24 nitrogen and oxygen atoms in total. The van der Waals surface area contributed by atoms with E-state index >= 15 is 0 Å². The Bertz CT molecular complexity index is 4270. The third-order valence-corrected chi connectivity index (χ3v) is 12.0. The summed E-state index contributed by atoms with van der Waals surface area (Å²) in [5, 5.41) is 22.3. The van der Waals surface area contributed by atoms with Crippen molar-refractivity contribution in [2.75, 3.05) is 12.5 Å². The van der Waals surface area contributed by atoms with Crippen molar-refractivity contribution in [1.29, 1.82) is 5.26 Å². The molecule has 0 radical (unpaired) electrons. The molecule has 0 saturated carbocycles. The number of pyridine rings is 4. The minimum absolute atomic E-state index is 0. The van der Waals surface area contributed by atoms with Gasteiger partial charge in [-0.2, -0.15) is 39.6 Å². The molecule has 109 heavy (non-hydrogen) atoms. The van der Waals surface area contributed by atoms with Gasteiger partial charge in [0.2, 0.25) is 5.92 Å². The van der Waals surface area contributed by atoms with Gasteiger partial charge in [-0.1, -0.05) is 61.5 Å². The van der Waals surface area contributed by atoms with Crippen LogP contribution in [0.3, 0.4) is 0 Å². The van der Waals surface area contributed by atoms with E-state index in [4.69, 9.17) is 9.68 Å². The molecule has 0 aliphatic rings. The molecular weight excluding hydrogens is 2620 g/mol. The molecule has 578 valence electrons. The Hall–Kier alpha value is -6.88. The molecule has 0 aliphatic heterocycles. The first-order valence-corrected chi connectivity index (χ1v) is 33.8. The van der Waals surface area contributed by atoms with E-state index in [9.17, 15) is 17.2 Å². The van der Waals surface area contributed by atoms with E-state index in [-0.39, 0.29) is 147 Å². The maximum atomic E-state index is 11.0. The van der Waals surface area contributed by atoms with Crippen LogP contribution in [0.1, 0.15) is 71.8 Å². The second-order valence-corrected chi connectivity index (χ2v) is 24.7. The Morgan fingerprint density at radius 2 is 1.09 bits per heavy atom. The maximum Gasteiger partial charge on any atom is 0.242 e. The number of fused-ring (bicyclic) bond motifs is 4. The van der Waals surface area contributed by atoms with E-state index in [1.165, 1.54) is 28.9 Å². The van der Waals surface area contributed by atoms with Gasteiger partial charge >= 0.3 is 0 Å². The summed E-state index contributed by atoms with van der Waals surface area (Å²) in [4.78, 5) is 53.5. The summed E-state index contributed by atoms with van der Waals surface area (Å²) in [7, 11) is 5.40. The van der Waals surface area contributed by atoms with Gasteiger partial charge in [0.25, 0.3) is 0 Å². The third-order valence-electron chi connectivity index (χ3n) is 11.3. The number of halogens is 2. The SMILES string of the molecule is CC#N.CC(C)(F)F.CS(C)(=O)=O.Cc1c[c-]n[c-]c1.Cc1ccnnc1.Cc1cnccn1.Cc1n[c-]n[c-]n1.Cc1nc(C)nc(C)n1.Cc1ncco1.Cc1nccs1.Cn1c[c-]c2cnccc21.Cn1ccc2[c-]nccc21.Cn1ccc2ccccc21.Cn1ccc2cnc[c-]c21.[W].[W].[W].[W].[W].[W].[W]. The van der Waals surface area contributed by atoms with Crippen LogP contribution in [0.2, 0.25) is 0 Å². The second kappa shape index (κ2) is 65.8. The fraction of sp³-hybridized carbons (Fsp3) is 0.257. The Kier molecular flexibility index (Phi) is 68.2. The van der Waals surface area contributed by atoms with Gasteiger partial charge in [-0.25, -0.2) is 43.2 Å². The minimum atomic E-state index is -2.67. The number of rotatable bonds is 0. The van der Waals surface area contributed by atoms with Gasteiger partial charge in [0.05, 0.1) is 29.2 Å². The Labute approximate surface area is 743 Å². The molecule has 15 aromatic rings. The zero-order chi connectivity index (χ0) is 75.7. The molecule has 14 aromatic heterocycles. The molecule has 15 rings (SSSR count). The standard InChI is InChI=1S/C9H9N.3C8H7N2.C6H9N3.C6H5N.2C5H6N2.C4H3N3.C4H5NO.C4H5NS.C3H6F2.C2H3N.C2H6O2S.7W/c1-10-7-6-8-4-2-3-5-9(8)10;3*1-10-5-3-7-6-9-4-2-8(7)10;1-4-7-5(2)9-6(3)8-4;1-6-2-4-7-5-3-6;1-5-4-6-2-3-7-5;1-5-2-3-6-7-4-5;1-4-6-2-5-3-7-4;2*1-4-5-2-3-6-4;1-3(2,4)5;1-2-3;1-5(2,3)4;;;;;;;/h2-7H,1H3;3-6H,1H3;2,4-6H,1H3;2-5H,1H3;1-3H3;2-3H,1H3;2*2-4H,1H3;1H3;2*2-3H,1H3;1-2H3;1H3;1-2H3;;;;;;;/q;3*-1;;-2;;;-2;;;;;;;;;;;;. The molecule has 0 saturated heterocycles. The molecule has 0 atom stereocenters. The smallest absolute Gasteiger partial charge is 0.242 e. The van der Waals surface area contributed by atoms with Crippen LogP contribution in [0, 0.1) is 117 Å². The van der Waals surface area contributed by atoms with Crippen LogP contribution >= 0.6 is 11.3 Å². The van der Waals surface area contributed by atoms with E-state index in [1.54, 1.807) is 99.5 Å². The predicted molar refractivity (Wildman–Crippen MR) is 394 cm³/mol. The van der Waals surface area contributed by atoms with Crippen LogP contribution in [0.4, 0.5) is 8.78 Å². The van der Waals surface area contributed by atoms with E-state index in [0.29, 0.717) is 5.82 Å². The summed E-state index contributed by atoms with van der Waals surface area (Å²) < 4.78 is 54.2. The van der Waals surface area contributed by atoms with Gasteiger partial charge in [-0.15, -0.1) is 58.6 Å². The summed E-state index contributed by atoms with van der Waals surface area (Å²) in [5.74, 6) is 1.24. The van der Waals surface area contributed by atoms with Gasteiger partial charge in [0, 0.05) is 249 Å². The van der Waals surface area contributed by atoms with Crippen molar-refractivity contribution in [3.8, 4) is 6.07 Å². The van der Waals surface area contributed by atoms with E-state index in [2.05, 4.69) is 171 Å². The minimum Gasteiger partial charge on any atom is -0.543 e. The first-order valence-electron chi connectivity index (χ1n) is 30.6. The number of aryl methyl sites for hydroxylation is 13. The van der Waals surface area contributed by atoms with Crippen LogP contribution in [-0.2, 0) is 185 Å². The zero-order valence-electron chi connectivity index (χ0n) is 63.4. The predicted octanol–water partition coefficient (Wildman–Crippen LogP) is 13.7. The van der Waals surface area contributed by atoms with Crippen LogP contribution in [0.25, 0.3) is 43.6 Å². The Morgan fingerprint density at radius 1 is 0.541 bits per heavy atom. The van der Waals surface area contributed by atoms with Crippen LogP contribution in [0.5, 0.6) is 0 Å². The van der Waals surface area contributed by atoms with Crippen LogP contribution in [0.15, 0.2) is 188 Å². The largest absolute Gasteiger partial charge is 0.543 e.